The van der Waals surface area contributed by atoms with Crippen LogP contribution in [0.15, 0.2) is 54.6 Å². The summed E-state index contributed by atoms with van der Waals surface area (Å²) in [7, 11) is 0. The number of anilines is 1. The smallest absolute Gasteiger partial charge is 0.162 e. The van der Waals surface area contributed by atoms with Crippen molar-refractivity contribution < 1.29 is 0 Å². The van der Waals surface area contributed by atoms with Gasteiger partial charge in [0.05, 0.1) is 5.52 Å². The van der Waals surface area contributed by atoms with E-state index in [1.165, 1.54) is 0 Å². The SMILES string of the molecule is CC(C)(N)CNc1nc(-c2ccccc2)nc2ccccc12. The molecule has 0 saturated carbocycles. The molecule has 3 aromatic rings. The molecule has 0 radical (unpaired) electrons. The monoisotopic (exact) mass is 292 g/mol. The zero-order chi connectivity index (χ0) is 15.6. The summed E-state index contributed by atoms with van der Waals surface area (Å²) < 4.78 is 0. The van der Waals surface area contributed by atoms with E-state index in [0.717, 1.165) is 28.1 Å². The average molecular weight is 292 g/mol. The molecule has 112 valence electrons. The van der Waals surface area contributed by atoms with Crippen LogP contribution in [0.5, 0.6) is 0 Å². The van der Waals surface area contributed by atoms with Gasteiger partial charge >= 0.3 is 0 Å². The van der Waals surface area contributed by atoms with Crippen LogP contribution >= 0.6 is 0 Å². The Bertz CT molecular complexity index is 776. The Kier molecular flexibility index (Phi) is 3.77. The van der Waals surface area contributed by atoms with Gasteiger partial charge in [-0.15, -0.1) is 0 Å². The van der Waals surface area contributed by atoms with E-state index in [4.69, 9.17) is 10.7 Å². The largest absolute Gasteiger partial charge is 0.368 e. The summed E-state index contributed by atoms with van der Waals surface area (Å²) in [5, 5.41) is 4.37. The summed E-state index contributed by atoms with van der Waals surface area (Å²) in [6.45, 7) is 4.62. The zero-order valence-electron chi connectivity index (χ0n) is 12.9. The number of para-hydroxylation sites is 1. The normalized spacial score (nSPS) is 11.6. The average Bonchev–Trinajstić information content (AvgIpc) is 2.52. The first-order valence-electron chi connectivity index (χ1n) is 7.38. The Morgan fingerprint density at radius 2 is 1.64 bits per heavy atom. The van der Waals surface area contributed by atoms with Crippen molar-refractivity contribution in [2.75, 3.05) is 11.9 Å². The first kappa shape index (κ1) is 14.5. The van der Waals surface area contributed by atoms with Crippen molar-refractivity contribution in [2.45, 2.75) is 19.4 Å². The molecule has 0 aliphatic heterocycles. The predicted octanol–water partition coefficient (Wildman–Crippen LogP) is 3.45. The Morgan fingerprint density at radius 3 is 2.36 bits per heavy atom. The lowest BCUT2D eigenvalue weighted by Gasteiger charge is -2.20. The van der Waals surface area contributed by atoms with E-state index in [1.54, 1.807) is 0 Å². The summed E-state index contributed by atoms with van der Waals surface area (Å²) in [6, 6.07) is 18.0. The Hall–Kier alpha value is -2.46. The maximum Gasteiger partial charge on any atom is 0.162 e. The van der Waals surface area contributed by atoms with E-state index < -0.39 is 0 Å². The summed E-state index contributed by atoms with van der Waals surface area (Å²) in [5.74, 6) is 1.54. The molecule has 0 aliphatic carbocycles. The van der Waals surface area contributed by atoms with Crippen molar-refractivity contribution >= 4 is 16.7 Å². The van der Waals surface area contributed by atoms with E-state index in [0.29, 0.717) is 6.54 Å². The van der Waals surface area contributed by atoms with Crippen molar-refractivity contribution in [1.29, 1.82) is 0 Å². The van der Waals surface area contributed by atoms with E-state index in [-0.39, 0.29) is 5.54 Å². The first-order valence-corrected chi connectivity index (χ1v) is 7.38. The fourth-order valence-electron chi connectivity index (χ4n) is 2.24. The standard InChI is InChI=1S/C18H20N4/c1-18(2,19)12-20-17-14-10-6-7-11-15(14)21-16(22-17)13-8-4-3-5-9-13/h3-11H,12,19H2,1-2H3,(H,20,21,22). The minimum absolute atomic E-state index is 0.307. The molecule has 0 bridgehead atoms. The van der Waals surface area contributed by atoms with Gasteiger partial charge in [0.25, 0.3) is 0 Å². The second-order valence-corrected chi connectivity index (χ2v) is 6.12. The minimum atomic E-state index is -0.307. The molecule has 1 aromatic heterocycles. The lowest BCUT2D eigenvalue weighted by atomic mass is 10.1. The highest BCUT2D eigenvalue weighted by Crippen LogP contribution is 2.24. The lowest BCUT2D eigenvalue weighted by molar-refractivity contribution is 0.549. The van der Waals surface area contributed by atoms with Crippen molar-refractivity contribution in [3.8, 4) is 11.4 Å². The third kappa shape index (κ3) is 3.23. The van der Waals surface area contributed by atoms with Crippen LogP contribution in [0.4, 0.5) is 5.82 Å². The van der Waals surface area contributed by atoms with Crippen LogP contribution in [0.2, 0.25) is 0 Å². The van der Waals surface area contributed by atoms with E-state index in [9.17, 15) is 0 Å². The fraction of sp³-hybridized carbons (Fsp3) is 0.222. The molecule has 0 unspecified atom stereocenters. The topological polar surface area (TPSA) is 63.8 Å². The summed E-state index contributed by atoms with van der Waals surface area (Å²) in [4.78, 5) is 9.36. The van der Waals surface area contributed by atoms with Crippen molar-refractivity contribution in [3.63, 3.8) is 0 Å². The van der Waals surface area contributed by atoms with Gasteiger partial charge in [0.1, 0.15) is 5.82 Å². The van der Waals surface area contributed by atoms with Crippen LogP contribution in [-0.4, -0.2) is 22.1 Å². The van der Waals surface area contributed by atoms with E-state index >= 15 is 0 Å². The minimum Gasteiger partial charge on any atom is -0.368 e. The number of fused-ring (bicyclic) bond motifs is 1. The second-order valence-electron chi connectivity index (χ2n) is 6.12. The molecule has 4 nitrogen and oxygen atoms in total. The number of rotatable bonds is 4. The molecule has 3 N–H and O–H groups in total. The van der Waals surface area contributed by atoms with Gasteiger partial charge in [-0.25, -0.2) is 9.97 Å². The van der Waals surface area contributed by atoms with Crippen LogP contribution < -0.4 is 11.1 Å². The third-order valence-corrected chi connectivity index (χ3v) is 3.35. The quantitative estimate of drug-likeness (QED) is 0.773. The second kappa shape index (κ2) is 5.73. The van der Waals surface area contributed by atoms with Crippen molar-refractivity contribution in [2.24, 2.45) is 5.73 Å². The maximum absolute atomic E-state index is 6.07. The number of nitrogens with one attached hydrogen (secondary N) is 1. The number of nitrogens with zero attached hydrogens (tertiary/aromatic N) is 2. The highest BCUT2D eigenvalue weighted by molar-refractivity contribution is 5.90. The van der Waals surface area contributed by atoms with Gasteiger partial charge < -0.3 is 11.1 Å². The Labute approximate surface area is 130 Å². The molecule has 0 fully saturated rings. The molecule has 0 atom stereocenters. The highest BCUT2D eigenvalue weighted by atomic mass is 15.0. The Balaban J connectivity index is 2.08. The predicted molar refractivity (Wildman–Crippen MR) is 91.7 cm³/mol. The van der Waals surface area contributed by atoms with Gasteiger partial charge in [0, 0.05) is 23.0 Å². The molecule has 22 heavy (non-hydrogen) atoms. The van der Waals surface area contributed by atoms with Gasteiger partial charge in [-0.05, 0) is 26.0 Å². The summed E-state index contributed by atoms with van der Waals surface area (Å²) in [6.07, 6.45) is 0. The Morgan fingerprint density at radius 1 is 0.955 bits per heavy atom. The van der Waals surface area contributed by atoms with Crippen LogP contribution in [0.1, 0.15) is 13.8 Å². The molecule has 0 saturated heterocycles. The van der Waals surface area contributed by atoms with E-state index in [1.807, 2.05) is 68.4 Å². The van der Waals surface area contributed by atoms with Gasteiger partial charge in [-0.2, -0.15) is 0 Å². The summed E-state index contributed by atoms with van der Waals surface area (Å²) in [5.41, 5.74) is 7.69. The van der Waals surface area contributed by atoms with E-state index in [2.05, 4.69) is 10.3 Å². The number of nitrogens with two attached hydrogens (primary N) is 1. The first-order chi connectivity index (χ1) is 10.5. The third-order valence-electron chi connectivity index (χ3n) is 3.35. The summed E-state index contributed by atoms with van der Waals surface area (Å²) >= 11 is 0. The zero-order valence-corrected chi connectivity index (χ0v) is 12.9. The highest BCUT2D eigenvalue weighted by Gasteiger charge is 2.13. The van der Waals surface area contributed by atoms with Crippen molar-refractivity contribution in [3.05, 3.63) is 54.6 Å². The molecule has 3 rings (SSSR count). The molecule has 0 spiro atoms. The van der Waals surface area contributed by atoms with Gasteiger partial charge in [0.15, 0.2) is 5.82 Å². The number of hydrogen-bond acceptors (Lipinski definition) is 4. The van der Waals surface area contributed by atoms with Crippen LogP contribution in [0.25, 0.3) is 22.3 Å². The molecular weight excluding hydrogens is 272 g/mol. The van der Waals surface area contributed by atoms with Gasteiger partial charge in [-0.1, -0.05) is 42.5 Å². The van der Waals surface area contributed by atoms with Gasteiger partial charge in [-0.3, -0.25) is 0 Å². The number of aromatic nitrogens is 2. The van der Waals surface area contributed by atoms with Crippen molar-refractivity contribution in [1.82, 2.24) is 9.97 Å². The van der Waals surface area contributed by atoms with Crippen LogP contribution in [0.3, 0.4) is 0 Å². The molecule has 1 heterocycles. The maximum atomic E-state index is 6.07. The fourth-order valence-corrected chi connectivity index (χ4v) is 2.24. The van der Waals surface area contributed by atoms with Crippen LogP contribution in [-0.2, 0) is 0 Å². The number of hydrogen-bond donors (Lipinski definition) is 2. The lowest BCUT2D eigenvalue weighted by Crippen LogP contribution is -2.39. The molecule has 0 amide bonds. The number of benzene rings is 2. The molecule has 4 heteroatoms. The molecule has 0 aliphatic rings. The molecule has 2 aromatic carbocycles. The van der Waals surface area contributed by atoms with Gasteiger partial charge in [0.2, 0.25) is 0 Å². The van der Waals surface area contributed by atoms with Crippen LogP contribution in [0, 0.1) is 0 Å². The molecular formula is C18H20N4.